The summed E-state index contributed by atoms with van der Waals surface area (Å²) in [6, 6.07) is 12.7. The van der Waals surface area contributed by atoms with Crippen molar-refractivity contribution >= 4 is 11.4 Å². The molecule has 2 aromatic rings. The van der Waals surface area contributed by atoms with E-state index in [1.807, 2.05) is 30.3 Å². The van der Waals surface area contributed by atoms with Crippen LogP contribution in [0.25, 0.3) is 0 Å². The molecule has 0 amide bonds. The summed E-state index contributed by atoms with van der Waals surface area (Å²) in [6.07, 6.45) is 0. The van der Waals surface area contributed by atoms with E-state index in [1.165, 1.54) is 12.2 Å². The van der Waals surface area contributed by atoms with Gasteiger partial charge in [-0.15, -0.1) is 0 Å². The van der Waals surface area contributed by atoms with Crippen LogP contribution >= 0.6 is 0 Å². The molecule has 94 valence electrons. The van der Waals surface area contributed by atoms with Gasteiger partial charge in [-0.25, -0.2) is 5.06 Å². The number of rotatable bonds is 3. The maximum atomic E-state index is 9.97. The number of phenolic OH excluding ortho intramolecular Hbond substituents is 2. The van der Waals surface area contributed by atoms with E-state index in [0.29, 0.717) is 11.3 Å². The molecule has 0 aliphatic heterocycles. The van der Waals surface area contributed by atoms with Gasteiger partial charge in [-0.05, 0) is 30.7 Å². The van der Waals surface area contributed by atoms with Gasteiger partial charge in [0.25, 0.3) is 0 Å². The molecule has 0 fully saturated rings. The smallest absolute Gasteiger partial charge is 0.184 e. The van der Waals surface area contributed by atoms with E-state index in [-0.39, 0.29) is 11.5 Å². The Morgan fingerprint density at radius 1 is 0.944 bits per heavy atom. The van der Waals surface area contributed by atoms with Crippen molar-refractivity contribution in [3.63, 3.8) is 0 Å². The Labute approximate surface area is 106 Å². The summed E-state index contributed by atoms with van der Waals surface area (Å²) < 4.78 is 0. The first-order valence-electron chi connectivity index (χ1n) is 5.56. The summed E-state index contributed by atoms with van der Waals surface area (Å²) in [5.74, 6) is -0.328. The maximum Gasteiger partial charge on any atom is 0.184 e. The van der Waals surface area contributed by atoms with Gasteiger partial charge in [0.15, 0.2) is 11.5 Å². The van der Waals surface area contributed by atoms with Gasteiger partial charge in [0.05, 0.1) is 12.8 Å². The largest absolute Gasteiger partial charge is 0.504 e. The Morgan fingerprint density at radius 2 is 1.61 bits per heavy atom. The molecule has 0 aliphatic rings. The van der Waals surface area contributed by atoms with E-state index in [2.05, 4.69) is 0 Å². The quantitative estimate of drug-likeness (QED) is 0.644. The molecule has 0 saturated heterocycles. The first-order valence-corrected chi connectivity index (χ1v) is 5.56. The van der Waals surface area contributed by atoms with Crippen molar-refractivity contribution in [2.75, 3.05) is 12.2 Å². The summed E-state index contributed by atoms with van der Waals surface area (Å²) in [7, 11) is 1.50. The zero-order valence-electron chi connectivity index (χ0n) is 10.3. The van der Waals surface area contributed by atoms with E-state index < -0.39 is 0 Å². The van der Waals surface area contributed by atoms with E-state index in [0.717, 1.165) is 5.69 Å². The van der Waals surface area contributed by atoms with E-state index in [9.17, 15) is 10.2 Å². The molecule has 4 nitrogen and oxygen atoms in total. The summed E-state index contributed by atoms with van der Waals surface area (Å²) in [5, 5.41) is 21.2. The van der Waals surface area contributed by atoms with Crippen LogP contribution in [0.4, 0.5) is 11.4 Å². The topological polar surface area (TPSA) is 52.9 Å². The van der Waals surface area contributed by atoms with Gasteiger partial charge >= 0.3 is 0 Å². The molecule has 0 atom stereocenters. The van der Waals surface area contributed by atoms with Crippen molar-refractivity contribution in [1.82, 2.24) is 0 Å². The van der Waals surface area contributed by atoms with Crippen molar-refractivity contribution in [1.29, 1.82) is 0 Å². The first kappa shape index (κ1) is 12.3. The summed E-state index contributed by atoms with van der Waals surface area (Å²) in [5.41, 5.74) is 1.77. The number of anilines is 2. The average Bonchev–Trinajstić information content (AvgIpc) is 2.41. The lowest BCUT2D eigenvalue weighted by atomic mass is 10.1. The highest BCUT2D eigenvalue weighted by atomic mass is 16.7. The highest BCUT2D eigenvalue weighted by Gasteiger charge is 2.16. The fourth-order valence-electron chi connectivity index (χ4n) is 1.74. The fourth-order valence-corrected chi connectivity index (χ4v) is 1.74. The number of aryl methyl sites for hydroxylation is 1. The minimum Gasteiger partial charge on any atom is -0.504 e. The van der Waals surface area contributed by atoms with Gasteiger partial charge in [0, 0.05) is 0 Å². The van der Waals surface area contributed by atoms with Crippen molar-refractivity contribution in [3.8, 4) is 11.5 Å². The number of nitrogens with zero attached hydrogens (tertiary/aromatic N) is 1. The maximum absolute atomic E-state index is 9.97. The molecule has 2 aromatic carbocycles. The van der Waals surface area contributed by atoms with Crippen molar-refractivity contribution in [2.24, 2.45) is 0 Å². The van der Waals surface area contributed by atoms with E-state index in [4.69, 9.17) is 4.84 Å². The van der Waals surface area contributed by atoms with Gasteiger partial charge < -0.3 is 10.2 Å². The lowest BCUT2D eigenvalue weighted by Gasteiger charge is -2.23. The molecule has 0 bridgehead atoms. The standard InChI is InChI=1S/C14H15NO3/c1-10-8-9-12(14(17)13(10)16)15(18-2)11-6-4-3-5-7-11/h3-9,16-17H,1-2H3. The Kier molecular flexibility index (Phi) is 3.39. The van der Waals surface area contributed by atoms with Crippen LogP contribution in [0.15, 0.2) is 42.5 Å². The zero-order chi connectivity index (χ0) is 13.1. The third-order valence-corrected chi connectivity index (χ3v) is 2.72. The van der Waals surface area contributed by atoms with Crippen LogP contribution in [0.2, 0.25) is 0 Å². The Morgan fingerprint density at radius 3 is 2.22 bits per heavy atom. The molecule has 0 heterocycles. The van der Waals surface area contributed by atoms with Gasteiger partial charge in [0.2, 0.25) is 0 Å². The Bertz CT molecular complexity index is 540. The van der Waals surface area contributed by atoms with E-state index in [1.54, 1.807) is 19.1 Å². The highest BCUT2D eigenvalue weighted by Crippen LogP contribution is 2.40. The number of hydrogen-bond donors (Lipinski definition) is 2. The number of para-hydroxylation sites is 1. The average molecular weight is 245 g/mol. The minimum atomic E-state index is -0.194. The van der Waals surface area contributed by atoms with Crippen LogP contribution in [0.5, 0.6) is 11.5 Å². The van der Waals surface area contributed by atoms with Crippen LogP contribution in [0, 0.1) is 6.92 Å². The number of aromatic hydroxyl groups is 2. The van der Waals surface area contributed by atoms with Crippen LogP contribution in [0.1, 0.15) is 5.56 Å². The van der Waals surface area contributed by atoms with Gasteiger partial charge in [-0.3, -0.25) is 4.84 Å². The predicted octanol–water partition coefficient (Wildman–Crippen LogP) is 3.11. The number of phenols is 2. The third kappa shape index (κ3) is 2.10. The summed E-state index contributed by atoms with van der Waals surface area (Å²) >= 11 is 0. The lowest BCUT2D eigenvalue weighted by Crippen LogP contribution is -2.15. The minimum absolute atomic E-state index is 0.134. The Hall–Kier alpha value is -2.20. The molecule has 0 saturated carbocycles. The van der Waals surface area contributed by atoms with Crippen LogP contribution in [-0.2, 0) is 4.84 Å². The Balaban J connectivity index is 2.50. The molecule has 2 N–H and O–H groups in total. The van der Waals surface area contributed by atoms with Gasteiger partial charge in [-0.2, -0.15) is 0 Å². The predicted molar refractivity (Wildman–Crippen MR) is 70.1 cm³/mol. The van der Waals surface area contributed by atoms with Gasteiger partial charge in [-0.1, -0.05) is 24.3 Å². The second kappa shape index (κ2) is 4.98. The second-order valence-corrected chi connectivity index (χ2v) is 3.91. The highest BCUT2D eigenvalue weighted by molar-refractivity contribution is 5.71. The van der Waals surface area contributed by atoms with Crippen LogP contribution < -0.4 is 5.06 Å². The third-order valence-electron chi connectivity index (χ3n) is 2.72. The normalized spacial score (nSPS) is 10.3. The number of hydrogen-bond acceptors (Lipinski definition) is 4. The molecule has 0 spiro atoms. The molecule has 0 aromatic heterocycles. The molecule has 4 heteroatoms. The molecule has 18 heavy (non-hydrogen) atoms. The molecular weight excluding hydrogens is 230 g/mol. The monoisotopic (exact) mass is 245 g/mol. The molecule has 2 rings (SSSR count). The summed E-state index contributed by atoms with van der Waals surface area (Å²) in [4.78, 5) is 5.26. The van der Waals surface area contributed by atoms with Crippen LogP contribution in [0.3, 0.4) is 0 Å². The summed E-state index contributed by atoms with van der Waals surface area (Å²) in [6.45, 7) is 1.72. The molecular formula is C14H15NO3. The lowest BCUT2D eigenvalue weighted by molar-refractivity contribution is 0.199. The molecule has 0 aliphatic carbocycles. The zero-order valence-corrected chi connectivity index (χ0v) is 10.3. The first-order chi connectivity index (χ1) is 8.65. The van der Waals surface area contributed by atoms with Crippen molar-refractivity contribution in [3.05, 3.63) is 48.0 Å². The SMILES string of the molecule is CON(c1ccccc1)c1ccc(C)c(O)c1O. The van der Waals surface area contributed by atoms with Gasteiger partial charge in [0.1, 0.15) is 5.69 Å². The molecule has 0 radical (unpaired) electrons. The van der Waals surface area contributed by atoms with Crippen molar-refractivity contribution < 1.29 is 15.1 Å². The van der Waals surface area contributed by atoms with Crippen LogP contribution in [-0.4, -0.2) is 17.3 Å². The number of benzene rings is 2. The second-order valence-electron chi connectivity index (χ2n) is 3.91. The molecule has 0 unspecified atom stereocenters. The fraction of sp³-hybridized carbons (Fsp3) is 0.143. The van der Waals surface area contributed by atoms with Crippen molar-refractivity contribution in [2.45, 2.75) is 6.92 Å². The van der Waals surface area contributed by atoms with E-state index >= 15 is 0 Å².